The molecule has 0 fully saturated rings. The molecule has 2 aromatic carbocycles. The Balaban J connectivity index is 0.00000311. The maximum absolute atomic E-state index is 12.6. The molecule has 170 valence electrons. The van der Waals surface area contributed by atoms with Crippen LogP contribution in [0.25, 0.3) is 0 Å². The van der Waals surface area contributed by atoms with Gasteiger partial charge in [-0.05, 0) is 40.8 Å². The van der Waals surface area contributed by atoms with Gasteiger partial charge in [-0.3, -0.25) is 4.79 Å². The van der Waals surface area contributed by atoms with Crippen molar-refractivity contribution in [1.82, 2.24) is 5.32 Å². The lowest BCUT2D eigenvalue weighted by atomic mass is 9.86. The van der Waals surface area contributed by atoms with Crippen molar-refractivity contribution in [2.24, 2.45) is 0 Å². The Bertz CT molecular complexity index is 871. The third kappa shape index (κ3) is 7.55. The van der Waals surface area contributed by atoms with Gasteiger partial charge in [0.05, 0.1) is 19.8 Å². The van der Waals surface area contributed by atoms with Crippen molar-refractivity contribution in [3.05, 3.63) is 70.8 Å². The van der Waals surface area contributed by atoms with Crippen LogP contribution in [0.15, 0.2) is 48.5 Å². The van der Waals surface area contributed by atoms with Gasteiger partial charge in [-0.15, -0.1) is 0 Å². The van der Waals surface area contributed by atoms with E-state index < -0.39 is 18.0 Å². The van der Waals surface area contributed by atoms with Gasteiger partial charge >= 0.3 is 11.9 Å². The molecule has 0 unspecified atom stereocenters. The number of carbonyl (C=O) groups excluding carboxylic acids is 3. The predicted octanol–water partition coefficient (Wildman–Crippen LogP) is 4.56. The summed E-state index contributed by atoms with van der Waals surface area (Å²) in [6.45, 7) is 10.3. The number of rotatable bonds is 6. The van der Waals surface area contributed by atoms with E-state index in [0.29, 0.717) is 11.1 Å². The van der Waals surface area contributed by atoms with E-state index in [4.69, 9.17) is 4.74 Å². The van der Waals surface area contributed by atoms with Crippen molar-refractivity contribution in [2.45, 2.75) is 52.5 Å². The van der Waals surface area contributed by atoms with Crippen molar-refractivity contribution < 1.29 is 25.3 Å². The molecule has 0 saturated heterocycles. The summed E-state index contributed by atoms with van der Waals surface area (Å²) in [6.07, 6.45) is 0.236. The van der Waals surface area contributed by atoms with Crippen LogP contribution in [0.5, 0.6) is 0 Å². The summed E-state index contributed by atoms with van der Waals surface area (Å²) in [7, 11) is 2.59. The van der Waals surface area contributed by atoms with Crippen molar-refractivity contribution in [1.29, 1.82) is 0 Å². The van der Waals surface area contributed by atoms with Crippen LogP contribution in [0, 0.1) is 0 Å². The van der Waals surface area contributed by atoms with Gasteiger partial charge in [-0.2, -0.15) is 0 Å². The first-order valence-electron chi connectivity index (χ1n) is 10.3. The fourth-order valence-corrected chi connectivity index (χ4v) is 2.83. The van der Waals surface area contributed by atoms with Crippen LogP contribution >= 0.6 is 0 Å². The Kier molecular flexibility index (Phi) is 9.93. The Morgan fingerprint density at radius 1 is 0.871 bits per heavy atom. The van der Waals surface area contributed by atoms with Crippen LogP contribution in [0.3, 0.4) is 0 Å². The number of nitrogens with one attached hydrogen (secondary N) is 1. The summed E-state index contributed by atoms with van der Waals surface area (Å²) in [4.78, 5) is 36.3. The van der Waals surface area contributed by atoms with Gasteiger partial charge < -0.3 is 14.8 Å². The Hall–Kier alpha value is -3.15. The molecule has 0 aliphatic carbocycles. The van der Waals surface area contributed by atoms with Crippen LogP contribution in [-0.4, -0.2) is 38.1 Å². The smallest absolute Gasteiger partial charge is 0.337 e. The molecule has 0 saturated carbocycles. The first kappa shape index (κ1) is 25.9. The van der Waals surface area contributed by atoms with E-state index in [1.807, 2.05) is 26.0 Å². The minimum atomic E-state index is -0.848. The maximum Gasteiger partial charge on any atom is 0.337 e. The average Bonchev–Trinajstić information content (AvgIpc) is 2.78. The molecule has 6 nitrogen and oxygen atoms in total. The predicted molar refractivity (Wildman–Crippen MR) is 123 cm³/mol. The number of methoxy groups -OCH3 is 2. The van der Waals surface area contributed by atoms with Gasteiger partial charge in [0.1, 0.15) is 6.04 Å². The number of benzene rings is 2. The third-order valence-electron chi connectivity index (χ3n) is 4.62. The fourth-order valence-electron chi connectivity index (χ4n) is 2.83. The molecule has 0 heterocycles. The van der Waals surface area contributed by atoms with Crippen LogP contribution < -0.4 is 5.32 Å². The summed E-state index contributed by atoms with van der Waals surface area (Å²) >= 11 is 0. The molecule has 2 aromatic rings. The monoisotopic (exact) mass is 429 g/mol. The van der Waals surface area contributed by atoms with Crippen LogP contribution in [0.2, 0.25) is 0 Å². The fraction of sp³-hybridized carbons (Fsp3) is 0.400. The second kappa shape index (κ2) is 11.9. The summed E-state index contributed by atoms with van der Waals surface area (Å²) in [5.41, 5.74) is 2.75. The first-order valence-corrected chi connectivity index (χ1v) is 10.3. The zero-order valence-corrected chi connectivity index (χ0v) is 19.4. The highest BCUT2D eigenvalue weighted by molar-refractivity contribution is 5.97. The molecule has 0 aliphatic rings. The molecule has 0 aromatic heterocycles. The lowest BCUT2D eigenvalue weighted by Crippen LogP contribution is -2.43. The average molecular weight is 430 g/mol. The Morgan fingerprint density at radius 2 is 1.39 bits per heavy atom. The van der Waals surface area contributed by atoms with Crippen molar-refractivity contribution in [3.8, 4) is 0 Å². The second-order valence-corrected chi connectivity index (χ2v) is 7.77. The molecular weight excluding hydrogens is 394 g/mol. The molecule has 1 atom stereocenters. The second-order valence-electron chi connectivity index (χ2n) is 7.77. The molecule has 0 aliphatic heterocycles. The third-order valence-corrected chi connectivity index (χ3v) is 4.62. The van der Waals surface area contributed by atoms with Crippen LogP contribution in [-0.2, 0) is 26.1 Å². The number of ether oxygens (including phenoxy) is 2. The number of amides is 1. The summed E-state index contributed by atoms with van der Waals surface area (Å²) in [6, 6.07) is 13.1. The lowest BCUT2D eigenvalue weighted by molar-refractivity contribution is -0.142. The van der Waals surface area contributed by atoms with Crippen LogP contribution in [0.4, 0.5) is 0 Å². The van der Waals surface area contributed by atoms with Crippen molar-refractivity contribution >= 4 is 17.8 Å². The SMILES string of the molecule is CC.COC(=O)c1ccc(C[C@H](NC(=O)c2ccc(C(C)(C)C)cc2)C(=O)OC)cc1.[HH]. The van der Waals surface area contributed by atoms with E-state index in [2.05, 4.69) is 30.8 Å². The molecule has 2 rings (SSSR count). The normalized spacial score (nSPS) is 11.5. The quantitative estimate of drug-likeness (QED) is 0.681. The standard InChI is InChI=1S/C23H27NO5.C2H6.H2/c1-23(2,3)18-12-10-16(11-13-18)20(25)24-19(22(27)29-5)14-15-6-8-17(9-7-15)21(26)28-4;1-2;/h6-13,19H,14H2,1-5H3,(H,24,25);1-2H3;1H/t19-;;/m0../s1. The van der Waals surface area contributed by atoms with Crippen molar-refractivity contribution in [2.75, 3.05) is 14.2 Å². The molecule has 0 bridgehead atoms. The topological polar surface area (TPSA) is 81.7 Å². The lowest BCUT2D eigenvalue weighted by Gasteiger charge is -2.20. The van der Waals surface area contributed by atoms with E-state index in [-0.39, 0.29) is 19.2 Å². The maximum atomic E-state index is 12.6. The Morgan fingerprint density at radius 3 is 1.84 bits per heavy atom. The van der Waals surface area contributed by atoms with Gasteiger partial charge in [-0.1, -0.05) is 58.9 Å². The van der Waals surface area contributed by atoms with E-state index in [1.54, 1.807) is 36.4 Å². The largest absolute Gasteiger partial charge is 0.467 e. The highest BCUT2D eigenvalue weighted by Gasteiger charge is 2.23. The molecule has 1 N–H and O–H groups in total. The summed E-state index contributed by atoms with van der Waals surface area (Å²) < 4.78 is 9.51. The molecule has 1 amide bonds. The number of hydrogen-bond donors (Lipinski definition) is 1. The molecule has 31 heavy (non-hydrogen) atoms. The minimum absolute atomic E-state index is 0. The highest BCUT2D eigenvalue weighted by Crippen LogP contribution is 2.22. The number of esters is 2. The van der Waals surface area contributed by atoms with E-state index in [9.17, 15) is 14.4 Å². The highest BCUT2D eigenvalue weighted by atomic mass is 16.5. The minimum Gasteiger partial charge on any atom is -0.467 e. The molecule has 0 radical (unpaired) electrons. The van der Waals surface area contributed by atoms with Crippen LogP contribution in [0.1, 0.15) is 67.9 Å². The van der Waals surface area contributed by atoms with Gasteiger partial charge in [0.15, 0.2) is 0 Å². The Labute approximate surface area is 186 Å². The zero-order chi connectivity index (χ0) is 23.6. The molecular formula is C25H35NO5. The molecule has 6 heteroatoms. The van der Waals surface area contributed by atoms with E-state index >= 15 is 0 Å². The number of hydrogen-bond acceptors (Lipinski definition) is 5. The summed E-state index contributed by atoms with van der Waals surface area (Å²) in [5, 5.41) is 2.73. The van der Waals surface area contributed by atoms with E-state index in [1.165, 1.54) is 14.2 Å². The zero-order valence-electron chi connectivity index (χ0n) is 19.4. The summed E-state index contributed by atoms with van der Waals surface area (Å²) in [5.74, 6) is -1.33. The van der Waals surface area contributed by atoms with Gasteiger partial charge in [-0.25, -0.2) is 9.59 Å². The number of carbonyl (C=O) groups is 3. The van der Waals surface area contributed by atoms with Gasteiger partial charge in [0.25, 0.3) is 5.91 Å². The van der Waals surface area contributed by atoms with Gasteiger partial charge in [0, 0.05) is 13.4 Å². The first-order chi connectivity index (χ1) is 14.7. The van der Waals surface area contributed by atoms with Crippen molar-refractivity contribution in [3.63, 3.8) is 0 Å². The van der Waals surface area contributed by atoms with Gasteiger partial charge in [0.2, 0.25) is 0 Å². The molecule has 0 spiro atoms. The van der Waals surface area contributed by atoms with E-state index in [0.717, 1.165) is 11.1 Å².